The summed E-state index contributed by atoms with van der Waals surface area (Å²) in [7, 11) is 5.00. The molecule has 0 unspecified atom stereocenters. The summed E-state index contributed by atoms with van der Waals surface area (Å²) in [5.74, 6) is -0.688. The van der Waals surface area contributed by atoms with Crippen LogP contribution in [0.4, 0.5) is 5.69 Å². The molecule has 0 aliphatic heterocycles. The molecule has 0 radical (unpaired) electrons. The molecule has 8 heteroatoms. The highest BCUT2D eigenvalue weighted by atomic mass is 32.1. The van der Waals surface area contributed by atoms with Crippen molar-refractivity contribution in [3.63, 3.8) is 0 Å². The van der Waals surface area contributed by atoms with Crippen LogP contribution in [0.2, 0.25) is 0 Å². The number of hydrogen-bond acceptors (Lipinski definition) is 7. The number of nitrogens with zero attached hydrogens (tertiary/aromatic N) is 2. The number of amides is 1. The normalized spacial score (nSPS) is 11.1. The maximum atomic E-state index is 12.7. The van der Waals surface area contributed by atoms with Crippen LogP contribution in [-0.2, 0) is 27.2 Å². The summed E-state index contributed by atoms with van der Waals surface area (Å²) in [6.07, 6.45) is 0.218. The lowest BCUT2D eigenvalue weighted by atomic mass is 10.1. The van der Waals surface area contributed by atoms with Crippen LogP contribution in [0.25, 0.3) is 10.2 Å². The van der Waals surface area contributed by atoms with Gasteiger partial charge < -0.3 is 14.8 Å². The van der Waals surface area contributed by atoms with Gasteiger partial charge in [-0.1, -0.05) is 29.8 Å². The predicted octanol–water partition coefficient (Wildman–Crippen LogP) is 3.65. The molecule has 0 bridgehead atoms. The Bertz CT molecular complexity index is 1080. The van der Waals surface area contributed by atoms with Crippen LogP contribution >= 0.6 is 11.3 Å². The minimum atomic E-state index is -0.493. The van der Waals surface area contributed by atoms with Gasteiger partial charge in [0.15, 0.2) is 0 Å². The van der Waals surface area contributed by atoms with E-state index in [-0.39, 0.29) is 12.3 Å². The zero-order valence-corrected chi connectivity index (χ0v) is 19.0. The van der Waals surface area contributed by atoms with E-state index < -0.39 is 5.97 Å². The molecule has 0 atom stereocenters. The van der Waals surface area contributed by atoms with Gasteiger partial charge in [-0.15, -0.1) is 11.3 Å². The van der Waals surface area contributed by atoms with E-state index in [0.29, 0.717) is 28.5 Å². The van der Waals surface area contributed by atoms with Gasteiger partial charge in [0.05, 0.1) is 31.5 Å². The fourth-order valence-electron chi connectivity index (χ4n) is 3.26. The van der Waals surface area contributed by atoms with Gasteiger partial charge in [0.25, 0.3) is 0 Å². The molecule has 1 N–H and O–H groups in total. The maximum absolute atomic E-state index is 12.7. The quantitative estimate of drug-likeness (QED) is 0.511. The SMILES string of the molecule is COCCN(C)Cc1ccc2c(NC(=O)Cc3cccc(C)c3)c(C(=O)OC)sc2n1. The van der Waals surface area contributed by atoms with Crippen LogP contribution < -0.4 is 5.32 Å². The first-order valence-electron chi connectivity index (χ1n) is 9.95. The zero-order chi connectivity index (χ0) is 22.4. The van der Waals surface area contributed by atoms with E-state index in [1.54, 1.807) is 7.11 Å². The van der Waals surface area contributed by atoms with Gasteiger partial charge in [-0.25, -0.2) is 9.78 Å². The Morgan fingerprint density at radius 2 is 2.00 bits per heavy atom. The average molecular weight is 442 g/mol. The molecule has 1 aromatic carbocycles. The standard InChI is InChI=1S/C23H27N3O4S/c1-15-6-5-7-16(12-15)13-19(27)25-20-18-9-8-17(14-26(2)10-11-29-3)24-22(18)31-21(20)23(28)30-4/h5-9,12H,10-11,13-14H2,1-4H3,(H,25,27). The topological polar surface area (TPSA) is 80.8 Å². The van der Waals surface area contributed by atoms with Crippen molar-refractivity contribution in [1.82, 2.24) is 9.88 Å². The van der Waals surface area contributed by atoms with Gasteiger partial charge in [0.2, 0.25) is 5.91 Å². The Morgan fingerprint density at radius 3 is 2.71 bits per heavy atom. The number of aromatic nitrogens is 1. The molecule has 3 aromatic rings. The van der Waals surface area contributed by atoms with E-state index in [1.165, 1.54) is 18.4 Å². The molecule has 164 valence electrons. The lowest BCUT2D eigenvalue weighted by Gasteiger charge is -2.15. The first-order chi connectivity index (χ1) is 14.9. The first kappa shape index (κ1) is 22.9. The Labute approximate surface area is 186 Å². The smallest absolute Gasteiger partial charge is 0.350 e. The molecule has 2 aromatic heterocycles. The van der Waals surface area contributed by atoms with E-state index in [1.807, 2.05) is 50.4 Å². The highest BCUT2D eigenvalue weighted by Crippen LogP contribution is 2.35. The van der Waals surface area contributed by atoms with Gasteiger partial charge in [-0.05, 0) is 31.7 Å². The number of methoxy groups -OCH3 is 2. The lowest BCUT2D eigenvalue weighted by Crippen LogP contribution is -2.22. The summed E-state index contributed by atoms with van der Waals surface area (Å²) in [5, 5.41) is 3.64. The molecule has 1 amide bonds. The number of likely N-dealkylation sites (N-methyl/N-ethyl adjacent to an activating group) is 1. The van der Waals surface area contributed by atoms with Crippen LogP contribution in [0.5, 0.6) is 0 Å². The maximum Gasteiger partial charge on any atom is 0.350 e. The highest BCUT2D eigenvalue weighted by Gasteiger charge is 2.22. The number of thiophene rings is 1. The number of aryl methyl sites for hydroxylation is 1. The van der Waals surface area contributed by atoms with Crippen LogP contribution in [0, 0.1) is 6.92 Å². The Hall–Kier alpha value is -2.81. The lowest BCUT2D eigenvalue weighted by molar-refractivity contribution is -0.115. The predicted molar refractivity (Wildman–Crippen MR) is 123 cm³/mol. The molecule has 31 heavy (non-hydrogen) atoms. The summed E-state index contributed by atoms with van der Waals surface area (Å²) in [6.45, 7) is 4.06. The molecular formula is C23H27N3O4S. The van der Waals surface area contributed by atoms with Crippen molar-refractivity contribution in [2.75, 3.05) is 39.7 Å². The molecule has 0 aliphatic carbocycles. The van der Waals surface area contributed by atoms with Crippen LogP contribution in [0.3, 0.4) is 0 Å². The fourth-order valence-corrected chi connectivity index (χ4v) is 4.33. The summed E-state index contributed by atoms with van der Waals surface area (Å²) in [6, 6.07) is 11.6. The van der Waals surface area contributed by atoms with Gasteiger partial charge in [-0.2, -0.15) is 0 Å². The third-order valence-electron chi connectivity index (χ3n) is 4.80. The number of pyridine rings is 1. The number of carbonyl (C=O) groups excluding carboxylic acids is 2. The molecule has 2 heterocycles. The number of anilines is 1. The minimum Gasteiger partial charge on any atom is -0.465 e. The largest absolute Gasteiger partial charge is 0.465 e. The van der Waals surface area contributed by atoms with Crippen molar-refractivity contribution < 1.29 is 19.1 Å². The van der Waals surface area contributed by atoms with Gasteiger partial charge in [0, 0.05) is 25.6 Å². The summed E-state index contributed by atoms with van der Waals surface area (Å²) >= 11 is 1.22. The van der Waals surface area contributed by atoms with E-state index in [0.717, 1.165) is 28.8 Å². The Morgan fingerprint density at radius 1 is 1.19 bits per heavy atom. The van der Waals surface area contributed by atoms with E-state index in [4.69, 9.17) is 14.5 Å². The number of hydrogen-bond donors (Lipinski definition) is 1. The second-order valence-corrected chi connectivity index (χ2v) is 8.40. The van der Waals surface area contributed by atoms with Crippen molar-refractivity contribution in [2.45, 2.75) is 19.9 Å². The van der Waals surface area contributed by atoms with Gasteiger partial charge >= 0.3 is 5.97 Å². The molecule has 0 spiro atoms. The number of nitrogens with one attached hydrogen (secondary N) is 1. The van der Waals surface area contributed by atoms with Gasteiger partial charge in [0.1, 0.15) is 9.71 Å². The number of esters is 1. The van der Waals surface area contributed by atoms with Crippen molar-refractivity contribution in [3.05, 3.63) is 58.1 Å². The summed E-state index contributed by atoms with van der Waals surface area (Å²) in [5.41, 5.74) is 3.34. The second-order valence-electron chi connectivity index (χ2n) is 7.40. The number of carbonyl (C=O) groups is 2. The zero-order valence-electron chi connectivity index (χ0n) is 18.2. The summed E-state index contributed by atoms with van der Waals surface area (Å²) < 4.78 is 10.0. The fraction of sp³-hybridized carbons (Fsp3) is 0.348. The van der Waals surface area contributed by atoms with E-state index in [2.05, 4.69) is 10.2 Å². The van der Waals surface area contributed by atoms with Crippen LogP contribution in [0.15, 0.2) is 36.4 Å². The molecule has 0 aliphatic rings. The van der Waals surface area contributed by atoms with E-state index in [9.17, 15) is 9.59 Å². The number of fused-ring (bicyclic) bond motifs is 1. The van der Waals surface area contributed by atoms with Crippen molar-refractivity contribution >= 4 is 39.1 Å². The minimum absolute atomic E-state index is 0.196. The van der Waals surface area contributed by atoms with Crippen LogP contribution in [-0.4, -0.2) is 56.2 Å². The number of benzene rings is 1. The summed E-state index contributed by atoms with van der Waals surface area (Å²) in [4.78, 5) is 32.9. The monoisotopic (exact) mass is 441 g/mol. The molecule has 3 rings (SSSR count). The van der Waals surface area contributed by atoms with Crippen molar-refractivity contribution in [3.8, 4) is 0 Å². The molecular weight excluding hydrogens is 414 g/mol. The molecule has 7 nitrogen and oxygen atoms in total. The first-order valence-corrected chi connectivity index (χ1v) is 10.8. The Kier molecular flexibility index (Phi) is 7.73. The van der Waals surface area contributed by atoms with Crippen molar-refractivity contribution in [1.29, 1.82) is 0 Å². The van der Waals surface area contributed by atoms with Crippen LogP contribution in [0.1, 0.15) is 26.5 Å². The molecule has 0 saturated heterocycles. The highest BCUT2D eigenvalue weighted by molar-refractivity contribution is 7.21. The molecule has 0 saturated carbocycles. The number of ether oxygens (including phenoxy) is 2. The molecule has 0 fully saturated rings. The van der Waals surface area contributed by atoms with E-state index >= 15 is 0 Å². The van der Waals surface area contributed by atoms with Gasteiger partial charge in [-0.3, -0.25) is 9.69 Å². The van der Waals surface area contributed by atoms with Crippen molar-refractivity contribution in [2.24, 2.45) is 0 Å². The second kappa shape index (κ2) is 10.5. The Balaban J connectivity index is 1.86. The third kappa shape index (κ3) is 5.88. The average Bonchev–Trinajstić information content (AvgIpc) is 3.09. The third-order valence-corrected chi connectivity index (χ3v) is 5.88. The number of rotatable bonds is 9.